The van der Waals surface area contributed by atoms with Crippen molar-refractivity contribution in [1.82, 2.24) is 4.57 Å². The topological polar surface area (TPSA) is 8.81 Å². The van der Waals surface area contributed by atoms with Crippen molar-refractivity contribution >= 4 is 0 Å². The minimum atomic E-state index is 1.23. The zero-order valence-electron chi connectivity index (χ0n) is 36.0. The summed E-state index contributed by atoms with van der Waals surface area (Å²) in [4.78, 5) is 0. The molecule has 0 atom stereocenters. The Balaban J connectivity index is 2.25. The standard InChI is InChI=1S/C49H97N2/c1-4-7-10-13-16-19-22-24-26-28-31-34-37-40-43-46-51-48-47-50(49(51)44-41-38-35-32-29-21-18-15-12-9-6-3)45-42-39-36-33-30-27-25-23-20-17-14-11-8-5-2/h47-48H,4-46H2,1-3H3/q+1. The summed E-state index contributed by atoms with van der Waals surface area (Å²) in [7, 11) is 0. The Bertz CT molecular complexity index is 781. The highest BCUT2D eigenvalue weighted by Gasteiger charge is 2.16. The van der Waals surface area contributed by atoms with E-state index in [1.807, 2.05) is 0 Å². The van der Waals surface area contributed by atoms with Crippen molar-refractivity contribution in [3.63, 3.8) is 0 Å². The van der Waals surface area contributed by atoms with Gasteiger partial charge in [-0.2, -0.15) is 0 Å². The monoisotopic (exact) mass is 714 g/mol. The molecule has 51 heavy (non-hydrogen) atoms. The summed E-state index contributed by atoms with van der Waals surface area (Å²) >= 11 is 0. The lowest BCUT2D eigenvalue weighted by Crippen LogP contribution is -2.37. The van der Waals surface area contributed by atoms with Crippen molar-refractivity contribution in [3.8, 4) is 0 Å². The first-order valence-electron chi connectivity index (χ1n) is 24.4. The third-order valence-corrected chi connectivity index (χ3v) is 11.8. The van der Waals surface area contributed by atoms with Gasteiger partial charge < -0.3 is 0 Å². The highest BCUT2D eigenvalue weighted by Crippen LogP contribution is 2.17. The summed E-state index contributed by atoms with van der Waals surface area (Å²) in [6, 6.07) is 0. The third-order valence-electron chi connectivity index (χ3n) is 11.8. The number of hydrogen-bond donors (Lipinski definition) is 0. The molecule has 0 aliphatic carbocycles. The Labute approximate surface area is 323 Å². The predicted octanol–water partition coefficient (Wildman–Crippen LogP) is 17.0. The van der Waals surface area contributed by atoms with E-state index in [0.29, 0.717) is 0 Å². The normalized spacial score (nSPS) is 11.7. The van der Waals surface area contributed by atoms with Gasteiger partial charge in [0.1, 0.15) is 12.4 Å². The average molecular weight is 714 g/mol. The molecule has 2 heteroatoms. The van der Waals surface area contributed by atoms with Gasteiger partial charge in [0.05, 0.1) is 13.1 Å². The van der Waals surface area contributed by atoms with Crippen LogP contribution in [0.5, 0.6) is 0 Å². The molecule has 1 aromatic heterocycles. The SMILES string of the molecule is CCCCCCCCCCCCCCCCC[n+]1ccn(CCCCCCCCCCCCCCCC)c1CCCCCCCCCCCCC. The van der Waals surface area contributed by atoms with Crippen molar-refractivity contribution in [2.75, 3.05) is 0 Å². The Hall–Kier alpha value is -0.790. The van der Waals surface area contributed by atoms with Crippen LogP contribution in [0.25, 0.3) is 0 Å². The third kappa shape index (κ3) is 32.4. The first kappa shape index (κ1) is 48.2. The molecule has 0 N–H and O–H groups in total. The minimum Gasteiger partial charge on any atom is -0.234 e. The first-order valence-corrected chi connectivity index (χ1v) is 24.4. The number of hydrogen-bond acceptors (Lipinski definition) is 0. The maximum Gasteiger partial charge on any atom is 0.256 e. The van der Waals surface area contributed by atoms with Crippen LogP contribution in [0.1, 0.15) is 283 Å². The number of aromatic nitrogens is 2. The van der Waals surface area contributed by atoms with Crippen LogP contribution in [0, 0.1) is 0 Å². The molecule has 1 heterocycles. The summed E-state index contributed by atoms with van der Waals surface area (Å²) < 4.78 is 5.31. The summed E-state index contributed by atoms with van der Waals surface area (Å²) in [5.74, 6) is 1.63. The van der Waals surface area contributed by atoms with E-state index in [2.05, 4.69) is 42.3 Å². The fraction of sp³-hybridized carbons (Fsp3) is 0.939. The highest BCUT2D eigenvalue weighted by atomic mass is 15.1. The van der Waals surface area contributed by atoms with Crippen LogP contribution in [-0.4, -0.2) is 4.57 Å². The van der Waals surface area contributed by atoms with Gasteiger partial charge in [-0.15, -0.1) is 0 Å². The summed E-state index contributed by atoms with van der Waals surface area (Å²) in [6.45, 7) is 9.42. The Morgan fingerprint density at radius 2 is 0.608 bits per heavy atom. The van der Waals surface area contributed by atoms with Crippen LogP contribution in [0.3, 0.4) is 0 Å². The van der Waals surface area contributed by atoms with Gasteiger partial charge in [0.25, 0.3) is 5.82 Å². The molecule has 0 aliphatic rings. The lowest BCUT2D eigenvalue weighted by Gasteiger charge is -2.07. The predicted molar refractivity (Wildman–Crippen MR) is 230 cm³/mol. The minimum absolute atomic E-state index is 1.23. The van der Waals surface area contributed by atoms with Gasteiger partial charge in [0.15, 0.2) is 0 Å². The summed E-state index contributed by atoms with van der Waals surface area (Å²) in [5.41, 5.74) is 0. The average Bonchev–Trinajstić information content (AvgIpc) is 3.53. The van der Waals surface area contributed by atoms with Crippen molar-refractivity contribution in [1.29, 1.82) is 0 Å². The fourth-order valence-corrected chi connectivity index (χ4v) is 8.27. The van der Waals surface area contributed by atoms with Crippen molar-refractivity contribution in [3.05, 3.63) is 18.2 Å². The van der Waals surface area contributed by atoms with E-state index in [9.17, 15) is 0 Å². The van der Waals surface area contributed by atoms with Crippen LogP contribution >= 0.6 is 0 Å². The van der Waals surface area contributed by atoms with Crippen molar-refractivity contribution in [2.24, 2.45) is 0 Å². The maximum absolute atomic E-state index is 2.66. The quantitative estimate of drug-likeness (QED) is 0.0471. The lowest BCUT2D eigenvalue weighted by molar-refractivity contribution is -0.704. The van der Waals surface area contributed by atoms with Gasteiger partial charge in [-0.05, 0) is 32.1 Å². The van der Waals surface area contributed by atoms with Gasteiger partial charge in [0, 0.05) is 6.42 Å². The molecular weight excluding hydrogens is 617 g/mol. The van der Waals surface area contributed by atoms with Crippen LogP contribution in [-0.2, 0) is 19.5 Å². The molecular formula is C49H97N2+. The smallest absolute Gasteiger partial charge is 0.234 e. The molecule has 1 aromatic rings. The second kappa shape index (κ2) is 40.4. The molecule has 0 aromatic carbocycles. The van der Waals surface area contributed by atoms with Gasteiger partial charge >= 0.3 is 0 Å². The van der Waals surface area contributed by atoms with E-state index in [4.69, 9.17) is 0 Å². The highest BCUT2D eigenvalue weighted by molar-refractivity contribution is 4.84. The number of rotatable bonds is 43. The fourth-order valence-electron chi connectivity index (χ4n) is 8.27. The lowest BCUT2D eigenvalue weighted by atomic mass is 10.0. The van der Waals surface area contributed by atoms with E-state index in [0.717, 1.165) is 0 Å². The van der Waals surface area contributed by atoms with E-state index < -0.39 is 0 Å². The molecule has 1 rings (SSSR count). The maximum atomic E-state index is 2.66. The number of aryl methyl sites for hydroxylation is 2. The number of imidazole rings is 1. The number of unbranched alkanes of at least 4 members (excludes halogenated alkanes) is 37. The van der Waals surface area contributed by atoms with Crippen molar-refractivity contribution in [2.45, 2.75) is 297 Å². The van der Waals surface area contributed by atoms with E-state index in [1.165, 1.54) is 276 Å². The van der Waals surface area contributed by atoms with Crippen LogP contribution in [0.4, 0.5) is 0 Å². The zero-order chi connectivity index (χ0) is 36.6. The molecule has 0 spiro atoms. The number of nitrogens with zero attached hydrogens (tertiary/aromatic N) is 2. The molecule has 0 bridgehead atoms. The van der Waals surface area contributed by atoms with Crippen molar-refractivity contribution < 1.29 is 4.57 Å². The van der Waals surface area contributed by atoms with E-state index in [-0.39, 0.29) is 0 Å². The zero-order valence-corrected chi connectivity index (χ0v) is 36.0. The molecule has 0 unspecified atom stereocenters. The Morgan fingerprint density at radius 3 is 0.941 bits per heavy atom. The van der Waals surface area contributed by atoms with Crippen LogP contribution in [0.2, 0.25) is 0 Å². The van der Waals surface area contributed by atoms with E-state index in [1.54, 1.807) is 5.82 Å². The summed E-state index contributed by atoms with van der Waals surface area (Å²) in [5, 5.41) is 0. The Morgan fingerprint density at radius 1 is 0.333 bits per heavy atom. The molecule has 0 amide bonds. The molecule has 2 nitrogen and oxygen atoms in total. The largest absolute Gasteiger partial charge is 0.256 e. The van der Waals surface area contributed by atoms with Gasteiger partial charge in [0.2, 0.25) is 0 Å². The molecule has 302 valence electrons. The molecule has 0 saturated heterocycles. The molecule has 0 radical (unpaired) electrons. The second-order valence-electron chi connectivity index (χ2n) is 16.9. The molecule has 0 fully saturated rings. The molecule has 0 saturated carbocycles. The molecule has 0 aliphatic heterocycles. The van der Waals surface area contributed by atoms with Gasteiger partial charge in [-0.1, -0.05) is 245 Å². The van der Waals surface area contributed by atoms with Crippen LogP contribution < -0.4 is 4.57 Å². The second-order valence-corrected chi connectivity index (χ2v) is 16.9. The van der Waals surface area contributed by atoms with Gasteiger partial charge in [-0.3, -0.25) is 0 Å². The summed E-state index contributed by atoms with van der Waals surface area (Å²) in [6.07, 6.45) is 63.8. The van der Waals surface area contributed by atoms with Gasteiger partial charge in [-0.25, -0.2) is 9.13 Å². The first-order chi connectivity index (χ1) is 25.3. The Kier molecular flexibility index (Phi) is 38.2. The van der Waals surface area contributed by atoms with E-state index >= 15 is 0 Å². The van der Waals surface area contributed by atoms with Crippen LogP contribution in [0.15, 0.2) is 12.4 Å².